The molecule has 0 atom stereocenters. The Bertz CT molecular complexity index is 267. The molecule has 0 saturated heterocycles. The van der Waals surface area contributed by atoms with Crippen molar-refractivity contribution in [3.63, 3.8) is 0 Å². The predicted octanol–water partition coefficient (Wildman–Crippen LogP) is -2.86. The second-order valence-electron chi connectivity index (χ2n) is 2.75. The van der Waals surface area contributed by atoms with E-state index in [9.17, 15) is 14.2 Å². The van der Waals surface area contributed by atoms with Crippen LogP contribution in [0, 0.1) is 0 Å². The number of hydrogen-bond acceptors (Lipinski definition) is 4. The van der Waals surface area contributed by atoms with E-state index in [4.69, 9.17) is 25.3 Å². The molecule has 0 rings (SSSR count). The maximum absolute atomic E-state index is 10.7. The van der Waals surface area contributed by atoms with Crippen LogP contribution in [-0.4, -0.2) is 101 Å². The Morgan fingerprint density at radius 2 is 1.29 bits per heavy atom. The van der Waals surface area contributed by atoms with Gasteiger partial charge in [0, 0.05) is 65.5 Å². The van der Waals surface area contributed by atoms with Gasteiger partial charge >= 0.3 is 15.2 Å². The average Bonchev–Trinajstić information content (AvgIpc) is 1.95. The summed E-state index contributed by atoms with van der Waals surface area (Å²) in [4.78, 5) is 34.5. The molecular weight excluding hydrogens is 298 g/mol. The van der Waals surface area contributed by atoms with Crippen LogP contribution >= 0.6 is 15.2 Å². The number of hydrogen-bond donors (Lipinski definition) is 6. The Balaban J connectivity index is -0.000000282. The van der Waals surface area contributed by atoms with E-state index >= 15 is 0 Å². The summed E-state index contributed by atoms with van der Waals surface area (Å²) in [6, 6.07) is 0. The van der Waals surface area contributed by atoms with Gasteiger partial charge in [-0.3, -0.25) is 9.13 Å². The Morgan fingerprint density at radius 1 is 1.00 bits per heavy atom. The molecule has 0 unspecified atom stereocenters. The second kappa shape index (κ2) is 9.99. The Morgan fingerprint density at radius 3 is 1.47 bits per heavy atom. The first-order valence-corrected chi connectivity index (χ1v) is 6.82. The standard InChI is InChI=1S/C4H13NO7P2.2Na.H2O/c5-3-1-2-4(6,13(7,8)9)14(10,11)12;;;/h6H,1-3,5H2,(H2,7,8,9)(H2,10,11,12);;;1H2. The van der Waals surface area contributed by atoms with Crippen LogP contribution in [0.5, 0.6) is 0 Å². The van der Waals surface area contributed by atoms with Gasteiger partial charge in [0.1, 0.15) is 0 Å². The zero-order valence-corrected chi connectivity index (χ0v) is 15.4. The average molecular weight is 313 g/mol. The van der Waals surface area contributed by atoms with E-state index in [0.717, 1.165) is 0 Å². The van der Waals surface area contributed by atoms with Crippen LogP contribution < -0.4 is 5.73 Å². The Hall–Kier alpha value is 2.18. The third-order valence-corrected chi connectivity index (χ3v) is 5.53. The van der Waals surface area contributed by atoms with Crippen molar-refractivity contribution in [3.05, 3.63) is 0 Å². The predicted molar refractivity (Wildman–Crippen MR) is 62.4 cm³/mol. The maximum Gasteiger partial charge on any atom is 0.369 e. The largest absolute Gasteiger partial charge is 0.412 e. The van der Waals surface area contributed by atoms with E-state index in [1.54, 1.807) is 0 Å². The molecule has 0 aromatic heterocycles. The van der Waals surface area contributed by atoms with Gasteiger partial charge in [-0.15, -0.1) is 0 Å². The monoisotopic (exact) mass is 313 g/mol. The smallest absolute Gasteiger partial charge is 0.369 e. The van der Waals surface area contributed by atoms with Crippen molar-refractivity contribution in [1.29, 1.82) is 0 Å². The van der Waals surface area contributed by atoms with Crippen LogP contribution in [0.15, 0.2) is 0 Å². The Labute approximate surface area is 142 Å². The summed E-state index contributed by atoms with van der Waals surface area (Å²) in [5.74, 6) is 0. The van der Waals surface area contributed by atoms with Crippen LogP contribution in [0.1, 0.15) is 12.8 Å². The van der Waals surface area contributed by atoms with Gasteiger partial charge in [0.15, 0.2) is 0 Å². The molecule has 9 nitrogen and oxygen atoms in total. The Kier molecular flexibility index (Phi) is 16.2. The minimum Gasteiger partial charge on any atom is -0.412 e. The molecule has 2 radical (unpaired) electrons. The van der Waals surface area contributed by atoms with Crippen molar-refractivity contribution < 1.29 is 39.3 Å². The van der Waals surface area contributed by atoms with Crippen molar-refractivity contribution in [2.24, 2.45) is 5.73 Å². The molecule has 0 saturated carbocycles. The van der Waals surface area contributed by atoms with Crippen LogP contribution in [0.3, 0.4) is 0 Å². The fourth-order valence-electron chi connectivity index (χ4n) is 0.800. The second-order valence-corrected chi connectivity index (χ2v) is 6.76. The molecule has 13 heteroatoms. The zero-order valence-electron chi connectivity index (χ0n) is 9.65. The van der Waals surface area contributed by atoms with Gasteiger partial charge in [-0.1, -0.05) is 0 Å². The van der Waals surface area contributed by atoms with E-state index < -0.39 is 26.7 Å². The topological polar surface area (TPSA) is 193 Å². The minimum absolute atomic E-state index is 0. The maximum atomic E-state index is 10.7. The number of rotatable bonds is 5. The molecule has 0 bridgehead atoms. The van der Waals surface area contributed by atoms with Crippen molar-refractivity contribution in [2.45, 2.75) is 17.9 Å². The molecule has 0 spiro atoms. The summed E-state index contributed by atoms with van der Waals surface area (Å²) < 4.78 is 21.4. The molecule has 17 heavy (non-hydrogen) atoms. The van der Waals surface area contributed by atoms with Crippen LogP contribution in [0.4, 0.5) is 0 Å². The van der Waals surface area contributed by atoms with Gasteiger partial charge in [0.05, 0.1) is 0 Å². The summed E-state index contributed by atoms with van der Waals surface area (Å²) in [7, 11) is -10.6. The first kappa shape index (κ1) is 27.5. The SMILES string of the molecule is NCCCC(O)(P(=O)(O)O)P(=O)(O)O.O.[Na].[Na]. The van der Waals surface area contributed by atoms with Gasteiger partial charge in [-0.25, -0.2) is 0 Å². The molecule has 0 aliphatic carbocycles. The molecule has 0 fully saturated rings. The van der Waals surface area contributed by atoms with Gasteiger partial charge in [0.25, 0.3) is 5.08 Å². The van der Waals surface area contributed by atoms with E-state index in [0.29, 0.717) is 0 Å². The molecule has 0 aromatic rings. The number of aliphatic hydroxyl groups is 1. The molecule has 0 aliphatic heterocycles. The molecule has 96 valence electrons. The third-order valence-electron chi connectivity index (χ3n) is 1.65. The fourth-order valence-corrected chi connectivity index (χ4v) is 3.06. The van der Waals surface area contributed by atoms with Crippen molar-refractivity contribution in [2.75, 3.05) is 6.54 Å². The summed E-state index contributed by atoms with van der Waals surface area (Å²) >= 11 is 0. The van der Waals surface area contributed by atoms with Crippen LogP contribution in [0.25, 0.3) is 0 Å². The minimum atomic E-state index is -5.30. The quantitative estimate of drug-likeness (QED) is 0.230. The van der Waals surface area contributed by atoms with E-state index in [1.165, 1.54) is 0 Å². The summed E-state index contributed by atoms with van der Waals surface area (Å²) in [5.41, 5.74) is 5.01. The van der Waals surface area contributed by atoms with E-state index in [1.807, 2.05) is 0 Å². The first-order chi connectivity index (χ1) is 6.06. The van der Waals surface area contributed by atoms with Gasteiger partial charge < -0.3 is 35.9 Å². The van der Waals surface area contributed by atoms with Crippen LogP contribution in [-0.2, 0) is 9.13 Å². The summed E-state index contributed by atoms with van der Waals surface area (Å²) in [6.07, 6.45) is -0.856. The normalized spacial score (nSPS) is 11.9. The molecule has 0 aliphatic rings. The summed E-state index contributed by atoms with van der Waals surface area (Å²) in [5, 5.41) is 5.91. The van der Waals surface area contributed by atoms with Crippen LogP contribution in [0.2, 0.25) is 0 Å². The molecular formula is C4H15NNa2O8P2. The van der Waals surface area contributed by atoms with Gasteiger partial charge in [0.2, 0.25) is 0 Å². The summed E-state index contributed by atoms with van der Waals surface area (Å²) in [6.45, 7) is -0.0394. The fraction of sp³-hybridized carbons (Fsp3) is 1.00. The van der Waals surface area contributed by atoms with E-state index in [-0.39, 0.29) is 77.6 Å². The van der Waals surface area contributed by atoms with Gasteiger partial charge in [-0.05, 0) is 13.0 Å². The molecule has 0 amide bonds. The molecule has 0 heterocycles. The number of nitrogens with two attached hydrogens (primary N) is 1. The van der Waals surface area contributed by atoms with Gasteiger partial charge in [-0.2, -0.15) is 0 Å². The zero-order chi connectivity index (χ0) is 11.6. The van der Waals surface area contributed by atoms with Crippen molar-refractivity contribution in [1.82, 2.24) is 0 Å². The van der Waals surface area contributed by atoms with Crippen molar-refractivity contribution >= 4 is 74.3 Å². The molecule has 0 aromatic carbocycles. The first-order valence-electron chi connectivity index (χ1n) is 3.60. The van der Waals surface area contributed by atoms with Crippen molar-refractivity contribution in [3.8, 4) is 0 Å². The molecule has 9 N–H and O–H groups in total. The third kappa shape index (κ3) is 7.51. The van der Waals surface area contributed by atoms with E-state index in [2.05, 4.69) is 0 Å².